The Kier molecular flexibility index (Phi) is 7.34. The van der Waals surface area contributed by atoms with Crippen LogP contribution < -0.4 is 4.90 Å². The Balaban J connectivity index is 1.62. The van der Waals surface area contributed by atoms with Crippen LogP contribution in [0.3, 0.4) is 0 Å². The smallest absolute Gasteiger partial charge is 0.414 e. The second-order valence-electron chi connectivity index (χ2n) is 9.99. The number of halogens is 2. The summed E-state index contributed by atoms with van der Waals surface area (Å²) in [6.45, 7) is 3.14. The number of benzene rings is 2. The fourth-order valence-corrected chi connectivity index (χ4v) is 5.71. The average Bonchev–Trinajstić information content (AvgIpc) is 3.30. The van der Waals surface area contributed by atoms with Gasteiger partial charge in [0.25, 0.3) is 6.43 Å². The summed E-state index contributed by atoms with van der Waals surface area (Å²) in [5.41, 5.74) is 3.56. The minimum absolute atomic E-state index is 0.0170. The standard InChI is InChI=1S/C28H31F2N3O5/c1-16-5-10-20-22(32(16)28(36)37-2)11-12-23-25(20)31-24(33(23)19-4-3-13-38-15-19)14-21(27(34)35)17-6-8-18(9-7-17)26(29)30/h6-9,11-12,16,19,21,26H,3-5,10,13-15H2,1-2H3,(H,34,35)/t16-,19+,21?/m0/s1. The molecule has 0 aliphatic carbocycles. The van der Waals surface area contributed by atoms with E-state index in [1.165, 1.54) is 31.4 Å². The third-order valence-electron chi connectivity index (χ3n) is 7.68. The van der Waals surface area contributed by atoms with E-state index in [-0.39, 0.29) is 24.1 Å². The first-order chi connectivity index (χ1) is 18.3. The topological polar surface area (TPSA) is 93.9 Å². The number of methoxy groups -OCH3 is 1. The van der Waals surface area contributed by atoms with E-state index in [1.807, 2.05) is 19.1 Å². The maximum absolute atomic E-state index is 13.1. The minimum Gasteiger partial charge on any atom is -0.481 e. The molecule has 2 aromatic carbocycles. The fourth-order valence-electron chi connectivity index (χ4n) is 5.71. The number of hydrogen-bond donors (Lipinski definition) is 1. The lowest BCUT2D eigenvalue weighted by Gasteiger charge is -2.34. The van der Waals surface area contributed by atoms with Crippen LogP contribution in [-0.2, 0) is 27.1 Å². The molecule has 3 heterocycles. The van der Waals surface area contributed by atoms with Crippen molar-refractivity contribution in [1.29, 1.82) is 0 Å². The number of imidazole rings is 1. The van der Waals surface area contributed by atoms with E-state index in [9.17, 15) is 23.5 Å². The normalized spacial score (nSPS) is 20.4. The van der Waals surface area contributed by atoms with Crippen LogP contribution in [0.4, 0.5) is 19.3 Å². The number of hydrogen-bond acceptors (Lipinski definition) is 5. The Bertz CT molecular complexity index is 1330. The zero-order chi connectivity index (χ0) is 27.0. The van der Waals surface area contributed by atoms with Gasteiger partial charge in [0, 0.05) is 30.2 Å². The summed E-state index contributed by atoms with van der Waals surface area (Å²) in [5, 5.41) is 10.1. The van der Waals surface area contributed by atoms with Crippen LogP contribution in [0.25, 0.3) is 11.0 Å². The predicted molar refractivity (Wildman–Crippen MR) is 137 cm³/mol. The zero-order valence-electron chi connectivity index (χ0n) is 21.4. The molecule has 3 atom stereocenters. The van der Waals surface area contributed by atoms with Crippen molar-refractivity contribution >= 4 is 28.8 Å². The molecular weight excluding hydrogens is 496 g/mol. The van der Waals surface area contributed by atoms with Crippen LogP contribution in [0.5, 0.6) is 0 Å². The second-order valence-corrected chi connectivity index (χ2v) is 9.99. The maximum atomic E-state index is 13.1. The molecule has 1 N–H and O–H groups in total. The van der Waals surface area contributed by atoms with Crippen LogP contribution in [0.15, 0.2) is 36.4 Å². The summed E-state index contributed by atoms with van der Waals surface area (Å²) in [5.74, 6) is -1.43. The van der Waals surface area contributed by atoms with Crippen LogP contribution in [0.2, 0.25) is 0 Å². The number of aliphatic carboxylic acids is 1. The van der Waals surface area contributed by atoms with Gasteiger partial charge in [0.15, 0.2) is 0 Å². The molecule has 2 aliphatic heterocycles. The molecule has 1 unspecified atom stereocenters. The van der Waals surface area contributed by atoms with Gasteiger partial charge < -0.3 is 19.1 Å². The predicted octanol–water partition coefficient (Wildman–Crippen LogP) is 5.64. The summed E-state index contributed by atoms with van der Waals surface area (Å²) in [6.07, 6.45) is 0.222. The van der Waals surface area contributed by atoms with Gasteiger partial charge >= 0.3 is 12.1 Å². The largest absolute Gasteiger partial charge is 0.481 e. The van der Waals surface area contributed by atoms with Gasteiger partial charge in [-0.1, -0.05) is 24.3 Å². The Morgan fingerprint density at radius 1 is 1.16 bits per heavy atom. The van der Waals surface area contributed by atoms with Crippen LogP contribution in [0, 0.1) is 0 Å². The minimum atomic E-state index is -2.62. The number of nitrogens with zero attached hydrogens (tertiary/aromatic N) is 3. The van der Waals surface area contributed by atoms with Gasteiger partial charge in [0.1, 0.15) is 5.82 Å². The quantitative estimate of drug-likeness (QED) is 0.446. The van der Waals surface area contributed by atoms with Crippen molar-refractivity contribution in [3.63, 3.8) is 0 Å². The Morgan fingerprint density at radius 3 is 2.53 bits per heavy atom. The maximum Gasteiger partial charge on any atom is 0.414 e. The highest BCUT2D eigenvalue weighted by molar-refractivity contribution is 5.95. The van der Waals surface area contributed by atoms with Crippen molar-refractivity contribution in [2.24, 2.45) is 0 Å². The number of carbonyl (C=O) groups is 2. The van der Waals surface area contributed by atoms with E-state index in [0.29, 0.717) is 24.6 Å². The molecule has 1 amide bonds. The first-order valence-electron chi connectivity index (χ1n) is 12.9. The van der Waals surface area contributed by atoms with Gasteiger partial charge in [-0.15, -0.1) is 0 Å². The summed E-state index contributed by atoms with van der Waals surface area (Å²) in [4.78, 5) is 31.6. The highest BCUT2D eigenvalue weighted by Gasteiger charge is 2.33. The third kappa shape index (κ3) is 4.73. The summed E-state index contributed by atoms with van der Waals surface area (Å²) >= 11 is 0. The molecule has 1 aromatic heterocycles. The van der Waals surface area contributed by atoms with E-state index in [0.717, 1.165) is 48.0 Å². The van der Waals surface area contributed by atoms with Crippen molar-refractivity contribution in [2.75, 3.05) is 25.2 Å². The van der Waals surface area contributed by atoms with Gasteiger partial charge in [0.05, 0.1) is 42.4 Å². The lowest BCUT2D eigenvalue weighted by atomic mass is 9.94. The number of rotatable bonds is 6. The summed E-state index contributed by atoms with van der Waals surface area (Å²) in [7, 11) is 1.36. The van der Waals surface area contributed by atoms with Gasteiger partial charge in [-0.3, -0.25) is 9.69 Å². The number of anilines is 1. The van der Waals surface area contributed by atoms with Gasteiger partial charge in [0.2, 0.25) is 0 Å². The summed E-state index contributed by atoms with van der Waals surface area (Å²) in [6, 6.07) is 9.24. The Morgan fingerprint density at radius 2 is 1.89 bits per heavy atom. The third-order valence-corrected chi connectivity index (χ3v) is 7.68. The van der Waals surface area contributed by atoms with Crippen molar-refractivity contribution in [2.45, 2.75) is 63.5 Å². The number of aryl methyl sites for hydroxylation is 1. The Hall–Kier alpha value is -3.53. The molecule has 10 heteroatoms. The molecule has 0 saturated carbocycles. The number of carboxylic acid groups (broad SMARTS) is 1. The molecule has 202 valence electrons. The number of alkyl halides is 2. The van der Waals surface area contributed by atoms with Crippen LogP contribution in [-0.4, -0.2) is 53.1 Å². The molecule has 8 nitrogen and oxygen atoms in total. The summed E-state index contributed by atoms with van der Waals surface area (Å²) < 4.78 is 39.0. The van der Waals surface area contributed by atoms with Crippen molar-refractivity contribution in [3.05, 3.63) is 58.9 Å². The average molecular weight is 528 g/mol. The van der Waals surface area contributed by atoms with E-state index in [1.54, 1.807) is 4.90 Å². The van der Waals surface area contributed by atoms with Gasteiger partial charge in [-0.05, 0) is 50.3 Å². The lowest BCUT2D eigenvalue weighted by Crippen LogP contribution is -2.42. The van der Waals surface area contributed by atoms with E-state index >= 15 is 0 Å². The highest BCUT2D eigenvalue weighted by Crippen LogP contribution is 2.39. The molecule has 2 aliphatic rings. The molecule has 0 spiro atoms. The highest BCUT2D eigenvalue weighted by atomic mass is 19.3. The lowest BCUT2D eigenvalue weighted by molar-refractivity contribution is -0.138. The molecule has 1 fully saturated rings. The van der Waals surface area contributed by atoms with Crippen LogP contribution >= 0.6 is 0 Å². The molecule has 38 heavy (non-hydrogen) atoms. The number of fused-ring (bicyclic) bond motifs is 3. The first kappa shape index (κ1) is 26.1. The monoisotopic (exact) mass is 527 g/mol. The SMILES string of the molecule is COC(=O)N1c2ccc3c(nc(CC(C(=O)O)c4ccc(C(F)F)cc4)n3[C@@H]3CCCOC3)c2CC[C@@H]1C. The number of ether oxygens (including phenoxy) is 2. The molecule has 5 rings (SSSR count). The second kappa shape index (κ2) is 10.7. The molecule has 3 aromatic rings. The van der Waals surface area contributed by atoms with E-state index in [2.05, 4.69) is 4.57 Å². The van der Waals surface area contributed by atoms with Crippen molar-refractivity contribution in [3.8, 4) is 0 Å². The van der Waals surface area contributed by atoms with E-state index < -0.39 is 24.4 Å². The van der Waals surface area contributed by atoms with Gasteiger partial charge in [-0.2, -0.15) is 0 Å². The fraction of sp³-hybridized carbons (Fsp3) is 0.464. The number of carboxylic acids is 1. The Labute approximate surface area is 219 Å². The molecule has 0 bridgehead atoms. The number of carbonyl (C=O) groups excluding carboxylic acids is 1. The van der Waals surface area contributed by atoms with Crippen molar-refractivity contribution in [1.82, 2.24) is 9.55 Å². The number of aromatic nitrogens is 2. The van der Waals surface area contributed by atoms with Crippen LogP contribution in [0.1, 0.15) is 67.1 Å². The van der Waals surface area contributed by atoms with E-state index in [4.69, 9.17) is 14.5 Å². The zero-order valence-corrected chi connectivity index (χ0v) is 21.4. The molecule has 0 radical (unpaired) electrons. The van der Waals surface area contributed by atoms with Gasteiger partial charge in [-0.25, -0.2) is 18.6 Å². The molecule has 1 saturated heterocycles. The first-order valence-corrected chi connectivity index (χ1v) is 12.9. The number of amides is 1. The van der Waals surface area contributed by atoms with Crippen molar-refractivity contribution < 1.29 is 33.0 Å². The molecular formula is C28H31F2N3O5.